The van der Waals surface area contributed by atoms with Crippen molar-refractivity contribution in [3.05, 3.63) is 34.2 Å². The molecule has 24 heavy (non-hydrogen) atoms. The Labute approximate surface area is 149 Å². The minimum absolute atomic E-state index is 0.000894. The van der Waals surface area contributed by atoms with E-state index in [0.717, 1.165) is 16.9 Å². The molecule has 1 fully saturated rings. The lowest BCUT2D eigenvalue weighted by Gasteiger charge is -2.09. The Kier molecular flexibility index (Phi) is 4.63. The molecule has 130 valence electrons. The Morgan fingerprint density at radius 1 is 1.29 bits per heavy atom. The van der Waals surface area contributed by atoms with Crippen molar-refractivity contribution in [3.8, 4) is 0 Å². The van der Waals surface area contributed by atoms with Gasteiger partial charge >= 0.3 is 0 Å². The summed E-state index contributed by atoms with van der Waals surface area (Å²) in [6.07, 6.45) is 0.455. The van der Waals surface area contributed by atoms with Gasteiger partial charge in [-0.05, 0) is 25.5 Å². The minimum atomic E-state index is -3.75. The molecule has 2 aromatic rings. The van der Waals surface area contributed by atoms with Crippen LogP contribution in [-0.2, 0) is 19.7 Å². The van der Waals surface area contributed by atoms with E-state index >= 15 is 0 Å². The summed E-state index contributed by atoms with van der Waals surface area (Å²) in [5.41, 5.74) is 0.955. The van der Waals surface area contributed by atoms with Crippen molar-refractivity contribution < 1.29 is 16.8 Å². The molecule has 0 unspecified atom stereocenters. The Morgan fingerprint density at radius 3 is 2.54 bits per heavy atom. The number of aromatic nitrogens is 1. The number of benzene rings is 1. The highest BCUT2D eigenvalue weighted by molar-refractivity contribution is 7.93. The molecule has 3 rings (SSSR count). The summed E-state index contributed by atoms with van der Waals surface area (Å²) in [4.78, 5) is 4.23. The smallest absolute Gasteiger partial charge is 0.233 e. The Bertz CT molecular complexity index is 966. The molecule has 0 spiro atoms. The molecule has 0 amide bonds. The average molecular weight is 407 g/mol. The number of hydrogen-bond donors (Lipinski definition) is 1. The fraction of sp³-hybridized carbons (Fsp3) is 0.357. The summed E-state index contributed by atoms with van der Waals surface area (Å²) in [7, 11) is -6.79. The second-order valence-corrected chi connectivity index (χ2v) is 11.6. The predicted octanol–water partition coefficient (Wildman–Crippen LogP) is 2.54. The highest BCUT2D eigenvalue weighted by Crippen LogP contribution is 2.35. The van der Waals surface area contributed by atoms with E-state index in [2.05, 4.69) is 10.3 Å². The van der Waals surface area contributed by atoms with Gasteiger partial charge in [0.1, 0.15) is 4.34 Å². The van der Waals surface area contributed by atoms with Crippen LogP contribution in [0.3, 0.4) is 0 Å². The van der Waals surface area contributed by atoms with Gasteiger partial charge in [-0.3, -0.25) is 0 Å². The zero-order valence-corrected chi connectivity index (χ0v) is 15.9. The van der Waals surface area contributed by atoms with Crippen molar-refractivity contribution in [1.29, 1.82) is 0 Å². The molecule has 10 heteroatoms. The van der Waals surface area contributed by atoms with Gasteiger partial charge in [-0.25, -0.2) is 21.8 Å². The molecule has 1 N–H and O–H groups in total. The number of anilines is 1. The average Bonchev–Trinajstić information content (AvgIpc) is 3.03. The van der Waals surface area contributed by atoms with Crippen molar-refractivity contribution in [2.45, 2.75) is 28.6 Å². The van der Waals surface area contributed by atoms with Gasteiger partial charge in [0.25, 0.3) is 0 Å². The van der Waals surface area contributed by atoms with E-state index in [1.807, 2.05) is 6.92 Å². The Balaban J connectivity index is 1.87. The molecule has 0 saturated carbocycles. The van der Waals surface area contributed by atoms with Crippen molar-refractivity contribution in [2.75, 3.05) is 16.8 Å². The number of aryl methyl sites for hydroxylation is 1. The lowest BCUT2D eigenvalue weighted by molar-refractivity contribution is 0.594. The number of hydrogen-bond acceptors (Lipinski definition) is 7. The van der Waals surface area contributed by atoms with Crippen LogP contribution in [-0.4, -0.2) is 39.4 Å². The first-order valence-corrected chi connectivity index (χ1v) is 11.6. The molecule has 1 aromatic carbocycles. The molecule has 1 aromatic heterocycles. The second kappa shape index (κ2) is 6.29. The van der Waals surface area contributed by atoms with Crippen molar-refractivity contribution >= 4 is 48.4 Å². The molecular formula is C14H15ClN2O4S3. The monoisotopic (exact) mass is 406 g/mol. The van der Waals surface area contributed by atoms with Gasteiger partial charge in [-0.1, -0.05) is 40.6 Å². The number of thiazole rings is 1. The van der Waals surface area contributed by atoms with Gasteiger partial charge in [0.2, 0.25) is 14.2 Å². The van der Waals surface area contributed by atoms with E-state index in [4.69, 9.17) is 11.6 Å². The van der Waals surface area contributed by atoms with Crippen LogP contribution in [0.4, 0.5) is 5.82 Å². The maximum absolute atomic E-state index is 12.6. The van der Waals surface area contributed by atoms with Crippen LogP contribution in [0, 0.1) is 6.92 Å². The molecule has 1 atom stereocenters. The van der Waals surface area contributed by atoms with Gasteiger partial charge < -0.3 is 5.32 Å². The Morgan fingerprint density at radius 2 is 1.96 bits per heavy atom. The maximum atomic E-state index is 12.6. The Hall–Kier alpha value is -1.16. The van der Waals surface area contributed by atoms with E-state index in [1.165, 1.54) is 12.1 Å². The zero-order chi connectivity index (χ0) is 17.5. The number of nitrogens with one attached hydrogen (secondary N) is 1. The zero-order valence-electron chi connectivity index (χ0n) is 12.7. The highest BCUT2D eigenvalue weighted by atomic mass is 35.5. The first-order chi connectivity index (χ1) is 11.2. The van der Waals surface area contributed by atoms with Gasteiger partial charge in [-0.15, -0.1) is 0 Å². The maximum Gasteiger partial charge on any atom is 0.233 e. The highest BCUT2D eigenvalue weighted by Gasteiger charge is 2.30. The van der Waals surface area contributed by atoms with Crippen LogP contribution in [0.5, 0.6) is 0 Å². The number of nitrogens with zero attached hydrogens (tertiary/aromatic N) is 1. The normalized spacial score (nSPS) is 20.2. The first-order valence-electron chi connectivity index (χ1n) is 7.12. The second-order valence-electron chi connectivity index (χ2n) is 5.66. The molecule has 0 radical (unpaired) electrons. The molecule has 6 nitrogen and oxygen atoms in total. The van der Waals surface area contributed by atoms with Gasteiger partial charge in [0.15, 0.2) is 15.7 Å². The number of halogens is 1. The molecular weight excluding hydrogens is 392 g/mol. The largest absolute Gasteiger partial charge is 0.364 e. The van der Waals surface area contributed by atoms with E-state index in [9.17, 15) is 16.8 Å². The first kappa shape index (κ1) is 17.7. The van der Waals surface area contributed by atoms with E-state index in [0.29, 0.717) is 6.42 Å². The number of sulfone groups is 2. The summed E-state index contributed by atoms with van der Waals surface area (Å²) in [5, 5.41) is 2.94. The SMILES string of the molecule is Cc1ccc(S(=O)(=O)c2nc(N[C@@H]3CCS(=O)(=O)C3)c(Cl)s2)cc1. The van der Waals surface area contributed by atoms with E-state index < -0.39 is 19.7 Å². The van der Waals surface area contributed by atoms with Crippen molar-refractivity contribution in [2.24, 2.45) is 0 Å². The standard InChI is InChI=1S/C14H15ClN2O4S3/c1-9-2-4-11(5-3-9)24(20,21)14-17-13(12(15)22-14)16-10-6-7-23(18,19)8-10/h2-5,10,16H,6-8H2,1H3/t10-/m1/s1. The van der Waals surface area contributed by atoms with Crippen LogP contribution >= 0.6 is 22.9 Å². The quantitative estimate of drug-likeness (QED) is 0.838. The molecule has 2 heterocycles. The molecule has 0 bridgehead atoms. The summed E-state index contributed by atoms with van der Waals surface area (Å²) in [6.45, 7) is 1.87. The lowest BCUT2D eigenvalue weighted by Crippen LogP contribution is -2.21. The van der Waals surface area contributed by atoms with Gasteiger partial charge in [0, 0.05) is 6.04 Å². The van der Waals surface area contributed by atoms with Gasteiger partial charge in [0.05, 0.1) is 16.4 Å². The summed E-state index contributed by atoms with van der Waals surface area (Å²) >= 11 is 6.95. The van der Waals surface area contributed by atoms with Crippen LogP contribution in [0.1, 0.15) is 12.0 Å². The topological polar surface area (TPSA) is 93.2 Å². The molecule has 1 aliphatic heterocycles. The predicted molar refractivity (Wildman–Crippen MR) is 94.4 cm³/mol. The third kappa shape index (κ3) is 3.58. The fourth-order valence-corrected chi connectivity index (χ4v) is 6.91. The summed E-state index contributed by atoms with van der Waals surface area (Å²) < 4.78 is 48.3. The summed E-state index contributed by atoms with van der Waals surface area (Å²) in [6, 6.07) is 6.17. The van der Waals surface area contributed by atoms with E-state index in [1.54, 1.807) is 12.1 Å². The summed E-state index contributed by atoms with van der Waals surface area (Å²) in [5.74, 6) is 0.330. The third-order valence-corrected chi connectivity index (χ3v) is 8.87. The molecule has 0 aliphatic carbocycles. The fourth-order valence-electron chi connectivity index (χ4n) is 2.41. The molecule has 1 saturated heterocycles. The van der Waals surface area contributed by atoms with Crippen LogP contribution in [0.25, 0.3) is 0 Å². The van der Waals surface area contributed by atoms with Crippen LogP contribution < -0.4 is 5.32 Å². The third-order valence-electron chi connectivity index (χ3n) is 3.70. The number of rotatable bonds is 4. The van der Waals surface area contributed by atoms with Crippen LogP contribution in [0.2, 0.25) is 4.34 Å². The van der Waals surface area contributed by atoms with Crippen molar-refractivity contribution in [3.63, 3.8) is 0 Å². The lowest BCUT2D eigenvalue weighted by atomic mass is 10.2. The van der Waals surface area contributed by atoms with E-state index in [-0.39, 0.29) is 36.9 Å². The van der Waals surface area contributed by atoms with Crippen LogP contribution in [0.15, 0.2) is 33.5 Å². The minimum Gasteiger partial charge on any atom is -0.364 e. The van der Waals surface area contributed by atoms with Crippen molar-refractivity contribution in [1.82, 2.24) is 4.98 Å². The van der Waals surface area contributed by atoms with Gasteiger partial charge in [-0.2, -0.15) is 0 Å². The molecule has 1 aliphatic rings.